The predicted molar refractivity (Wildman–Crippen MR) is 85.5 cm³/mol. The van der Waals surface area contributed by atoms with Crippen LogP contribution in [0.15, 0.2) is 41.9 Å². The lowest BCUT2D eigenvalue weighted by atomic mass is 9.88. The Hall–Kier alpha value is -2.47. The summed E-state index contributed by atoms with van der Waals surface area (Å²) in [5.74, 6) is 0.817. The van der Waals surface area contributed by atoms with E-state index in [1.807, 2.05) is 53.5 Å². The topological polar surface area (TPSA) is 59.8 Å². The fourth-order valence-corrected chi connectivity index (χ4v) is 3.56. The van der Waals surface area contributed by atoms with Gasteiger partial charge in [0.1, 0.15) is 5.82 Å². The summed E-state index contributed by atoms with van der Waals surface area (Å²) >= 11 is 1.41. The lowest BCUT2D eigenvalue weighted by Crippen LogP contribution is -2.24. The number of anilines is 1. The number of benzene rings is 1. The molecule has 1 aliphatic rings. The van der Waals surface area contributed by atoms with Crippen molar-refractivity contribution in [3.8, 4) is 5.69 Å². The quantitative estimate of drug-likeness (QED) is 0.791. The van der Waals surface area contributed by atoms with Crippen molar-refractivity contribution in [3.63, 3.8) is 0 Å². The smallest absolute Gasteiger partial charge is 0.226 e. The van der Waals surface area contributed by atoms with Crippen LogP contribution in [0.3, 0.4) is 0 Å². The van der Waals surface area contributed by atoms with Gasteiger partial charge in [-0.2, -0.15) is 5.10 Å². The summed E-state index contributed by atoms with van der Waals surface area (Å²) in [7, 11) is 0. The third kappa shape index (κ3) is 2.03. The van der Waals surface area contributed by atoms with E-state index in [4.69, 9.17) is 0 Å². The molecule has 0 saturated carbocycles. The van der Waals surface area contributed by atoms with Crippen LogP contribution in [0.25, 0.3) is 5.69 Å². The molecule has 0 aliphatic carbocycles. The molecule has 22 heavy (non-hydrogen) atoms. The van der Waals surface area contributed by atoms with Gasteiger partial charge in [0, 0.05) is 29.5 Å². The first-order valence-electron chi connectivity index (χ1n) is 7.08. The molecule has 1 unspecified atom stereocenters. The lowest BCUT2D eigenvalue weighted by molar-refractivity contribution is -0.116. The second-order valence-corrected chi connectivity index (χ2v) is 6.02. The second kappa shape index (κ2) is 5.06. The summed E-state index contributed by atoms with van der Waals surface area (Å²) in [6.07, 6.45) is 2.28. The Morgan fingerprint density at radius 1 is 1.32 bits per heavy atom. The van der Waals surface area contributed by atoms with Crippen LogP contribution in [0.2, 0.25) is 0 Å². The Kier molecular flexibility index (Phi) is 3.04. The van der Waals surface area contributed by atoms with Crippen molar-refractivity contribution in [1.29, 1.82) is 0 Å². The van der Waals surface area contributed by atoms with Gasteiger partial charge in [0.25, 0.3) is 0 Å². The molecular weight excluding hydrogens is 296 g/mol. The van der Waals surface area contributed by atoms with Gasteiger partial charge in [-0.05, 0) is 36.2 Å². The maximum Gasteiger partial charge on any atom is 0.226 e. The first-order chi connectivity index (χ1) is 10.7. The van der Waals surface area contributed by atoms with Crippen LogP contribution in [0, 0.1) is 6.92 Å². The number of aryl methyl sites for hydroxylation is 1. The monoisotopic (exact) mass is 310 g/mol. The Labute approximate surface area is 131 Å². The van der Waals surface area contributed by atoms with Crippen LogP contribution in [0.4, 0.5) is 5.82 Å². The standard InChI is InChI=1S/C16H14N4OS/c1-10-15-13(11-8-17-22-9-11)7-14(21)18-16(15)20(19-10)12-5-3-2-4-6-12/h2-6,8-9,13H,7H2,1H3,(H,18,21). The summed E-state index contributed by atoms with van der Waals surface area (Å²) in [4.78, 5) is 12.2. The summed E-state index contributed by atoms with van der Waals surface area (Å²) < 4.78 is 5.99. The number of para-hydroxylation sites is 1. The highest BCUT2D eigenvalue weighted by molar-refractivity contribution is 7.03. The Balaban J connectivity index is 1.90. The molecule has 3 heterocycles. The minimum atomic E-state index is 0.0146. The van der Waals surface area contributed by atoms with E-state index in [0.717, 1.165) is 28.3 Å². The summed E-state index contributed by atoms with van der Waals surface area (Å²) in [5, 5.41) is 9.63. The number of nitrogens with one attached hydrogen (secondary N) is 1. The summed E-state index contributed by atoms with van der Waals surface area (Å²) in [6.45, 7) is 1.99. The Morgan fingerprint density at radius 2 is 2.14 bits per heavy atom. The second-order valence-electron chi connectivity index (χ2n) is 5.36. The van der Waals surface area contributed by atoms with Gasteiger partial charge in [-0.1, -0.05) is 18.2 Å². The van der Waals surface area contributed by atoms with Gasteiger partial charge in [0.05, 0.1) is 11.4 Å². The third-order valence-electron chi connectivity index (χ3n) is 3.96. The van der Waals surface area contributed by atoms with Gasteiger partial charge in [-0.15, -0.1) is 0 Å². The largest absolute Gasteiger partial charge is 0.310 e. The van der Waals surface area contributed by atoms with E-state index in [0.29, 0.717) is 6.42 Å². The number of fused-ring (bicyclic) bond motifs is 1. The van der Waals surface area contributed by atoms with E-state index in [9.17, 15) is 4.79 Å². The van der Waals surface area contributed by atoms with Crippen LogP contribution in [0.5, 0.6) is 0 Å². The van der Waals surface area contributed by atoms with Crippen molar-refractivity contribution >= 4 is 23.3 Å². The minimum Gasteiger partial charge on any atom is -0.310 e. The highest BCUT2D eigenvalue weighted by Gasteiger charge is 2.32. The third-order valence-corrected chi connectivity index (χ3v) is 4.56. The fourth-order valence-electron chi connectivity index (χ4n) is 2.97. The Morgan fingerprint density at radius 3 is 2.86 bits per heavy atom. The van der Waals surface area contributed by atoms with E-state index < -0.39 is 0 Å². The zero-order valence-corrected chi connectivity index (χ0v) is 12.8. The molecular formula is C16H14N4OS. The molecule has 0 bridgehead atoms. The van der Waals surface area contributed by atoms with Crippen LogP contribution in [-0.4, -0.2) is 20.1 Å². The van der Waals surface area contributed by atoms with Gasteiger partial charge in [-0.3, -0.25) is 4.79 Å². The molecule has 1 atom stereocenters. The first-order valence-corrected chi connectivity index (χ1v) is 7.92. The molecule has 1 N–H and O–H groups in total. The number of rotatable bonds is 2. The number of carbonyl (C=O) groups is 1. The number of hydrogen-bond acceptors (Lipinski definition) is 4. The number of amides is 1. The maximum absolute atomic E-state index is 12.2. The van der Waals surface area contributed by atoms with E-state index in [2.05, 4.69) is 14.8 Å². The number of aromatic nitrogens is 3. The van der Waals surface area contributed by atoms with E-state index >= 15 is 0 Å². The molecule has 4 rings (SSSR count). The predicted octanol–water partition coefficient (Wildman–Crippen LogP) is 3.11. The highest BCUT2D eigenvalue weighted by Crippen LogP contribution is 2.40. The number of hydrogen-bond donors (Lipinski definition) is 1. The van der Waals surface area contributed by atoms with Crippen molar-refractivity contribution in [2.24, 2.45) is 0 Å². The van der Waals surface area contributed by atoms with Crippen LogP contribution >= 0.6 is 11.5 Å². The zero-order valence-electron chi connectivity index (χ0n) is 12.0. The molecule has 0 spiro atoms. The molecule has 5 nitrogen and oxygen atoms in total. The van der Waals surface area contributed by atoms with Gasteiger partial charge in [0.15, 0.2) is 0 Å². The molecule has 3 aromatic rings. The summed E-state index contributed by atoms with van der Waals surface area (Å²) in [5.41, 5.74) is 4.05. The fraction of sp³-hybridized carbons (Fsp3) is 0.188. The normalized spacial score (nSPS) is 17.1. The molecule has 1 aliphatic heterocycles. The number of carbonyl (C=O) groups excluding carboxylic acids is 1. The van der Waals surface area contributed by atoms with Crippen LogP contribution < -0.4 is 5.32 Å². The molecule has 6 heteroatoms. The van der Waals surface area contributed by atoms with Gasteiger partial charge in [0.2, 0.25) is 5.91 Å². The van der Waals surface area contributed by atoms with Crippen molar-refractivity contribution < 1.29 is 4.79 Å². The highest BCUT2D eigenvalue weighted by atomic mass is 32.1. The zero-order chi connectivity index (χ0) is 15.1. The van der Waals surface area contributed by atoms with Gasteiger partial charge < -0.3 is 5.32 Å². The van der Waals surface area contributed by atoms with E-state index in [1.165, 1.54) is 11.5 Å². The van der Waals surface area contributed by atoms with Gasteiger partial charge in [-0.25, -0.2) is 9.06 Å². The van der Waals surface area contributed by atoms with Crippen LogP contribution in [-0.2, 0) is 4.79 Å². The average Bonchev–Trinajstić information content (AvgIpc) is 3.16. The number of nitrogens with zero attached hydrogens (tertiary/aromatic N) is 3. The molecule has 110 valence electrons. The molecule has 0 radical (unpaired) electrons. The Bertz CT molecular complexity index is 823. The lowest BCUT2D eigenvalue weighted by Gasteiger charge is -2.23. The van der Waals surface area contributed by atoms with Crippen molar-refractivity contribution in [1.82, 2.24) is 14.2 Å². The summed E-state index contributed by atoms with van der Waals surface area (Å²) in [6, 6.07) is 9.85. The van der Waals surface area contributed by atoms with Gasteiger partial charge >= 0.3 is 0 Å². The van der Waals surface area contributed by atoms with Crippen molar-refractivity contribution in [2.45, 2.75) is 19.3 Å². The minimum absolute atomic E-state index is 0.0146. The maximum atomic E-state index is 12.2. The average molecular weight is 310 g/mol. The SMILES string of the molecule is Cc1nn(-c2ccccc2)c2c1C(c1cnsc1)CC(=O)N2. The van der Waals surface area contributed by atoms with Crippen molar-refractivity contribution in [3.05, 3.63) is 58.7 Å². The van der Waals surface area contributed by atoms with E-state index in [-0.39, 0.29) is 11.8 Å². The van der Waals surface area contributed by atoms with Crippen LogP contribution in [0.1, 0.15) is 29.2 Å². The van der Waals surface area contributed by atoms with E-state index in [1.54, 1.807) is 0 Å². The molecule has 1 aromatic carbocycles. The van der Waals surface area contributed by atoms with Crippen molar-refractivity contribution in [2.75, 3.05) is 5.32 Å². The molecule has 2 aromatic heterocycles. The molecule has 0 saturated heterocycles. The molecule has 0 fully saturated rings. The molecule has 1 amide bonds. The first kappa shape index (κ1) is 13.2.